The van der Waals surface area contributed by atoms with E-state index in [1.165, 1.54) is 47.5 Å². The van der Waals surface area contributed by atoms with Gasteiger partial charge in [0.2, 0.25) is 5.95 Å². The van der Waals surface area contributed by atoms with Crippen molar-refractivity contribution < 1.29 is 0 Å². The number of nitrogens with zero attached hydrogens (tertiary/aromatic N) is 4. The number of rotatable bonds is 4. The summed E-state index contributed by atoms with van der Waals surface area (Å²) < 4.78 is 5.97. The summed E-state index contributed by atoms with van der Waals surface area (Å²) in [5.41, 5.74) is 9.83. The average Bonchev–Trinajstić information content (AvgIpc) is 3.85. The molecule has 11 rings (SSSR count). The van der Waals surface area contributed by atoms with Crippen molar-refractivity contribution in [2.24, 2.45) is 0 Å². The van der Waals surface area contributed by atoms with Crippen LogP contribution in [0.3, 0.4) is 0 Å². The molecule has 5 heteroatoms. The Morgan fingerprint density at radius 3 is 1.88 bits per heavy atom. The molecule has 0 radical (unpaired) electrons. The van der Waals surface area contributed by atoms with Gasteiger partial charge in [-0.15, -0.1) is 11.3 Å². The molecule has 0 bridgehead atoms. The van der Waals surface area contributed by atoms with Crippen LogP contribution in [0.5, 0.6) is 0 Å². The second-order valence-corrected chi connectivity index (χ2v) is 14.0. The van der Waals surface area contributed by atoms with E-state index in [4.69, 9.17) is 9.97 Å². The minimum absolute atomic E-state index is 0.666. The topological polar surface area (TPSA) is 35.6 Å². The number of hydrogen-bond donors (Lipinski definition) is 0. The van der Waals surface area contributed by atoms with Gasteiger partial charge in [-0.05, 0) is 41.5 Å². The van der Waals surface area contributed by atoms with E-state index in [1.54, 1.807) is 0 Å². The highest BCUT2D eigenvalue weighted by Gasteiger charge is 2.24. The zero-order valence-electron chi connectivity index (χ0n) is 27.4. The zero-order chi connectivity index (χ0) is 33.5. The van der Waals surface area contributed by atoms with Gasteiger partial charge in [-0.3, -0.25) is 4.57 Å². The van der Waals surface area contributed by atoms with Gasteiger partial charge in [0, 0.05) is 43.6 Å². The van der Waals surface area contributed by atoms with Crippen molar-refractivity contribution in [2.45, 2.75) is 0 Å². The van der Waals surface area contributed by atoms with Crippen LogP contribution in [-0.2, 0) is 0 Å². The smallest absolute Gasteiger partial charge is 0.235 e. The molecule has 0 saturated carbocycles. The van der Waals surface area contributed by atoms with Crippen LogP contribution in [0.1, 0.15) is 0 Å². The Morgan fingerprint density at radius 2 is 1.08 bits per heavy atom. The number of thiophene rings is 1. The van der Waals surface area contributed by atoms with Crippen molar-refractivity contribution in [3.63, 3.8) is 0 Å². The lowest BCUT2D eigenvalue weighted by Crippen LogP contribution is -2.03. The van der Waals surface area contributed by atoms with E-state index >= 15 is 0 Å². The average molecular weight is 669 g/mol. The zero-order valence-corrected chi connectivity index (χ0v) is 28.2. The number of benzene rings is 7. The highest BCUT2D eigenvalue weighted by molar-refractivity contribution is 7.26. The third kappa shape index (κ3) is 4.19. The summed E-state index contributed by atoms with van der Waals surface area (Å²) in [5.74, 6) is 0.666. The van der Waals surface area contributed by atoms with Crippen LogP contribution >= 0.6 is 11.3 Å². The van der Waals surface area contributed by atoms with Gasteiger partial charge in [0.15, 0.2) is 0 Å². The fraction of sp³-hybridized carbons (Fsp3) is 0. The molecule has 4 aromatic heterocycles. The van der Waals surface area contributed by atoms with Crippen LogP contribution in [0, 0.1) is 0 Å². The van der Waals surface area contributed by atoms with Crippen molar-refractivity contribution in [3.8, 4) is 34.0 Å². The maximum atomic E-state index is 5.43. The fourth-order valence-electron chi connectivity index (χ4n) is 7.88. The normalized spacial score (nSPS) is 11.9. The minimum Gasteiger partial charge on any atom is -0.301 e. The summed E-state index contributed by atoms with van der Waals surface area (Å²) >= 11 is 1.85. The number of hydrogen-bond acceptors (Lipinski definition) is 3. The molecule has 0 aliphatic carbocycles. The van der Waals surface area contributed by atoms with Crippen LogP contribution in [0.15, 0.2) is 170 Å². The molecule has 51 heavy (non-hydrogen) atoms. The van der Waals surface area contributed by atoms with Crippen molar-refractivity contribution in [2.75, 3.05) is 0 Å². The quantitative estimate of drug-likeness (QED) is 0.187. The standard InChI is InChI=1S/C46H28N4S/c1-4-14-29(15-5-1)31-24-25-33-34-26-27-37-41-36-21-11-13-23-39(36)49(32-18-8-3-9-19-32)45(41)51-44(37)43(34)50(40(33)28-31)46-47-38-22-12-10-20-35(38)42(48-46)30-16-6-2-7-17-30/h1-28H. The molecule has 4 nitrogen and oxygen atoms in total. The maximum absolute atomic E-state index is 5.43. The van der Waals surface area contributed by atoms with Gasteiger partial charge < -0.3 is 4.57 Å². The van der Waals surface area contributed by atoms with Crippen LogP contribution < -0.4 is 0 Å². The summed E-state index contributed by atoms with van der Waals surface area (Å²) in [6.07, 6.45) is 0. The number of aromatic nitrogens is 4. The molecule has 0 aliphatic rings. The maximum Gasteiger partial charge on any atom is 0.235 e. The van der Waals surface area contributed by atoms with Gasteiger partial charge in [0.05, 0.1) is 32.5 Å². The molecule has 0 amide bonds. The van der Waals surface area contributed by atoms with E-state index < -0.39 is 0 Å². The van der Waals surface area contributed by atoms with E-state index in [2.05, 4.69) is 179 Å². The molecule has 0 unspecified atom stereocenters. The van der Waals surface area contributed by atoms with Crippen molar-refractivity contribution in [1.29, 1.82) is 0 Å². The Kier molecular flexibility index (Phi) is 6.09. The molecule has 0 atom stereocenters. The summed E-state index contributed by atoms with van der Waals surface area (Å²) in [7, 11) is 0. The predicted octanol–water partition coefficient (Wildman–Crippen LogP) is 12.4. The van der Waals surface area contributed by atoms with Crippen molar-refractivity contribution >= 4 is 75.3 Å². The summed E-state index contributed by atoms with van der Waals surface area (Å²) in [6.45, 7) is 0. The number of fused-ring (bicyclic) bond motifs is 10. The van der Waals surface area contributed by atoms with E-state index in [0.717, 1.165) is 44.4 Å². The Balaban J connectivity index is 1.31. The third-order valence-corrected chi connectivity index (χ3v) is 11.3. The first-order valence-electron chi connectivity index (χ1n) is 17.2. The van der Waals surface area contributed by atoms with Crippen LogP contribution in [0.4, 0.5) is 0 Å². The lowest BCUT2D eigenvalue weighted by molar-refractivity contribution is 1.02. The second-order valence-electron chi connectivity index (χ2n) is 13.0. The molecular weight excluding hydrogens is 641 g/mol. The van der Waals surface area contributed by atoms with Crippen LogP contribution in [0.25, 0.3) is 97.9 Å². The van der Waals surface area contributed by atoms with Crippen molar-refractivity contribution in [3.05, 3.63) is 170 Å². The van der Waals surface area contributed by atoms with E-state index in [9.17, 15) is 0 Å². The van der Waals surface area contributed by atoms with Crippen molar-refractivity contribution in [1.82, 2.24) is 19.1 Å². The second kappa shape index (κ2) is 11.0. The lowest BCUT2D eigenvalue weighted by atomic mass is 10.0. The predicted molar refractivity (Wildman–Crippen MR) is 214 cm³/mol. The molecule has 11 aromatic rings. The van der Waals surface area contributed by atoms with E-state index in [0.29, 0.717) is 5.95 Å². The fourth-order valence-corrected chi connectivity index (χ4v) is 9.27. The number of para-hydroxylation sites is 3. The molecule has 0 aliphatic heterocycles. The SMILES string of the molecule is c1ccc(-c2ccc3c4ccc5c(sc6c5c5ccccc5n6-c5ccccc5)c4n(-c4nc(-c5ccccc5)c5ccccc5n4)c3c2)cc1. The van der Waals surface area contributed by atoms with E-state index in [-0.39, 0.29) is 0 Å². The Labute approximate surface area is 297 Å². The Bertz CT molecular complexity index is 3120. The Morgan fingerprint density at radius 1 is 0.431 bits per heavy atom. The monoisotopic (exact) mass is 668 g/mol. The molecule has 4 heterocycles. The van der Waals surface area contributed by atoms with Gasteiger partial charge in [0.1, 0.15) is 4.83 Å². The third-order valence-electron chi connectivity index (χ3n) is 10.1. The molecular formula is C46H28N4S. The Hall–Kier alpha value is -6.56. The van der Waals surface area contributed by atoms with Gasteiger partial charge in [-0.2, -0.15) is 0 Å². The van der Waals surface area contributed by atoms with Gasteiger partial charge in [-0.1, -0.05) is 140 Å². The highest BCUT2D eigenvalue weighted by atomic mass is 32.1. The molecule has 0 spiro atoms. The molecule has 0 saturated heterocycles. The molecule has 0 fully saturated rings. The molecule has 238 valence electrons. The first kappa shape index (κ1) is 28.3. The summed E-state index contributed by atoms with van der Waals surface area (Å²) in [4.78, 5) is 12.0. The highest BCUT2D eigenvalue weighted by Crippen LogP contribution is 2.47. The van der Waals surface area contributed by atoms with Crippen LogP contribution in [0.2, 0.25) is 0 Å². The van der Waals surface area contributed by atoms with E-state index in [1.807, 2.05) is 11.3 Å². The summed E-state index contributed by atoms with van der Waals surface area (Å²) in [5, 5.41) is 7.18. The lowest BCUT2D eigenvalue weighted by Gasteiger charge is -2.12. The summed E-state index contributed by atoms with van der Waals surface area (Å²) in [6, 6.07) is 60.4. The largest absolute Gasteiger partial charge is 0.301 e. The minimum atomic E-state index is 0.666. The molecule has 7 aromatic carbocycles. The van der Waals surface area contributed by atoms with Gasteiger partial charge in [0.25, 0.3) is 0 Å². The first-order chi connectivity index (χ1) is 25.3. The van der Waals surface area contributed by atoms with Gasteiger partial charge >= 0.3 is 0 Å². The van der Waals surface area contributed by atoms with Crippen LogP contribution in [-0.4, -0.2) is 19.1 Å². The first-order valence-corrected chi connectivity index (χ1v) is 18.0. The molecule has 0 N–H and O–H groups in total. The van der Waals surface area contributed by atoms with Gasteiger partial charge in [-0.25, -0.2) is 9.97 Å².